The average Bonchev–Trinajstić information content (AvgIpc) is 3.09. The Morgan fingerprint density at radius 2 is 2.07 bits per heavy atom. The van der Waals surface area contributed by atoms with Gasteiger partial charge in [-0.15, -0.1) is 0 Å². The van der Waals surface area contributed by atoms with E-state index < -0.39 is 0 Å². The van der Waals surface area contributed by atoms with Gasteiger partial charge in [0.05, 0.1) is 24.5 Å². The third-order valence-corrected chi connectivity index (χ3v) is 4.80. The Bertz CT molecular complexity index is 994. The van der Waals surface area contributed by atoms with Crippen LogP contribution in [0.25, 0.3) is 16.8 Å². The molecule has 0 aromatic carbocycles. The minimum atomic E-state index is -0.354. The van der Waals surface area contributed by atoms with Crippen molar-refractivity contribution in [1.82, 2.24) is 24.5 Å². The SMILES string of the molecule is COc1cc(-c2cc(C(=O)N3CCC(O)CC3)c3c(N)ncnn23)ccn1. The fourth-order valence-electron chi connectivity index (χ4n) is 3.36. The van der Waals surface area contributed by atoms with Crippen LogP contribution in [-0.2, 0) is 0 Å². The molecule has 0 saturated carbocycles. The lowest BCUT2D eigenvalue weighted by atomic mass is 10.1. The van der Waals surface area contributed by atoms with Crippen LogP contribution < -0.4 is 10.5 Å². The van der Waals surface area contributed by atoms with E-state index in [9.17, 15) is 9.90 Å². The first-order chi connectivity index (χ1) is 13.1. The fourth-order valence-corrected chi connectivity index (χ4v) is 3.36. The number of likely N-dealkylation sites (tertiary alicyclic amines) is 1. The van der Waals surface area contributed by atoms with Crippen LogP contribution >= 0.6 is 0 Å². The van der Waals surface area contributed by atoms with Gasteiger partial charge < -0.3 is 20.5 Å². The van der Waals surface area contributed by atoms with Gasteiger partial charge in [-0.05, 0) is 25.0 Å². The summed E-state index contributed by atoms with van der Waals surface area (Å²) in [7, 11) is 1.54. The lowest BCUT2D eigenvalue weighted by Crippen LogP contribution is -2.40. The molecule has 4 heterocycles. The molecule has 9 heteroatoms. The number of pyridine rings is 1. The highest BCUT2D eigenvalue weighted by molar-refractivity contribution is 6.05. The van der Waals surface area contributed by atoms with E-state index in [-0.39, 0.29) is 17.8 Å². The predicted molar refractivity (Wildman–Crippen MR) is 98.3 cm³/mol. The molecule has 0 unspecified atom stereocenters. The number of amides is 1. The average molecular weight is 368 g/mol. The van der Waals surface area contributed by atoms with E-state index in [1.54, 1.807) is 34.9 Å². The van der Waals surface area contributed by atoms with E-state index in [1.165, 1.54) is 6.33 Å². The second-order valence-corrected chi connectivity index (χ2v) is 6.46. The van der Waals surface area contributed by atoms with Crippen LogP contribution in [0.5, 0.6) is 5.88 Å². The Labute approximate surface area is 155 Å². The second kappa shape index (κ2) is 6.84. The maximum Gasteiger partial charge on any atom is 0.256 e. The van der Waals surface area contributed by atoms with Crippen molar-refractivity contribution in [1.29, 1.82) is 0 Å². The molecule has 3 aromatic heterocycles. The zero-order valence-electron chi connectivity index (χ0n) is 14.9. The van der Waals surface area contributed by atoms with E-state index in [4.69, 9.17) is 10.5 Å². The van der Waals surface area contributed by atoms with Gasteiger partial charge in [0, 0.05) is 30.9 Å². The summed E-state index contributed by atoms with van der Waals surface area (Å²) in [4.78, 5) is 23.0. The summed E-state index contributed by atoms with van der Waals surface area (Å²) < 4.78 is 6.81. The van der Waals surface area contributed by atoms with Gasteiger partial charge in [0.15, 0.2) is 5.82 Å². The molecule has 0 aliphatic carbocycles. The van der Waals surface area contributed by atoms with E-state index in [2.05, 4.69) is 15.1 Å². The largest absolute Gasteiger partial charge is 0.481 e. The summed E-state index contributed by atoms with van der Waals surface area (Å²) in [6, 6.07) is 5.35. The van der Waals surface area contributed by atoms with Crippen LogP contribution in [0, 0.1) is 0 Å². The Morgan fingerprint density at radius 3 is 2.81 bits per heavy atom. The van der Waals surface area contributed by atoms with E-state index in [0.29, 0.717) is 48.6 Å². The van der Waals surface area contributed by atoms with Gasteiger partial charge in [-0.2, -0.15) is 5.10 Å². The molecule has 3 N–H and O–H groups in total. The van der Waals surface area contributed by atoms with Crippen LogP contribution in [0.15, 0.2) is 30.7 Å². The molecule has 1 aliphatic rings. The van der Waals surface area contributed by atoms with E-state index in [0.717, 1.165) is 5.56 Å². The van der Waals surface area contributed by atoms with Crippen molar-refractivity contribution in [3.05, 3.63) is 36.3 Å². The molecule has 3 aromatic rings. The Kier molecular flexibility index (Phi) is 4.36. The summed E-state index contributed by atoms with van der Waals surface area (Å²) >= 11 is 0. The van der Waals surface area contributed by atoms with Gasteiger partial charge in [-0.25, -0.2) is 14.5 Å². The molecule has 0 spiro atoms. The predicted octanol–water partition coefficient (Wildman–Crippen LogP) is 0.979. The number of methoxy groups -OCH3 is 1. The third-order valence-electron chi connectivity index (χ3n) is 4.80. The topological polar surface area (TPSA) is 119 Å². The molecular weight excluding hydrogens is 348 g/mol. The number of nitrogens with two attached hydrogens (primary N) is 1. The first-order valence-corrected chi connectivity index (χ1v) is 8.68. The maximum absolute atomic E-state index is 13.1. The number of nitrogens with zero attached hydrogens (tertiary/aromatic N) is 5. The lowest BCUT2D eigenvalue weighted by molar-refractivity contribution is 0.0548. The number of ether oxygens (including phenoxy) is 1. The minimum absolute atomic E-state index is 0.145. The van der Waals surface area contributed by atoms with E-state index >= 15 is 0 Å². The number of aromatic nitrogens is 4. The highest BCUT2D eigenvalue weighted by Gasteiger charge is 2.27. The summed E-state index contributed by atoms with van der Waals surface area (Å²) in [6.07, 6.45) is 3.77. The van der Waals surface area contributed by atoms with Crippen molar-refractivity contribution in [2.75, 3.05) is 25.9 Å². The standard InChI is InChI=1S/C18H20N6O3/c1-27-15-8-11(2-5-20-15)14-9-13(16-17(19)21-10-22-24(14)16)18(26)23-6-3-12(25)4-7-23/h2,5,8-10,12,25H,3-4,6-7H2,1H3,(H2,19,21,22). The van der Waals surface area contributed by atoms with Gasteiger partial charge in [-0.3, -0.25) is 4.79 Å². The van der Waals surface area contributed by atoms with Gasteiger partial charge in [0.1, 0.15) is 11.8 Å². The number of rotatable bonds is 3. The van der Waals surface area contributed by atoms with Gasteiger partial charge in [-0.1, -0.05) is 0 Å². The molecule has 140 valence electrons. The van der Waals surface area contributed by atoms with Gasteiger partial charge >= 0.3 is 0 Å². The zero-order valence-corrected chi connectivity index (χ0v) is 14.9. The van der Waals surface area contributed by atoms with Crippen LogP contribution in [0.3, 0.4) is 0 Å². The molecule has 0 atom stereocenters. The first kappa shape index (κ1) is 17.2. The number of fused-ring (bicyclic) bond motifs is 1. The number of nitrogen functional groups attached to an aromatic ring is 1. The van der Waals surface area contributed by atoms with Crippen molar-refractivity contribution in [3.8, 4) is 17.1 Å². The Morgan fingerprint density at radius 1 is 1.30 bits per heavy atom. The summed E-state index contributed by atoms with van der Waals surface area (Å²) in [5.41, 5.74) is 8.48. The third kappa shape index (κ3) is 3.06. The van der Waals surface area contributed by atoms with Crippen molar-refractivity contribution in [3.63, 3.8) is 0 Å². The van der Waals surface area contributed by atoms with Crippen molar-refractivity contribution in [2.24, 2.45) is 0 Å². The summed E-state index contributed by atoms with van der Waals surface area (Å²) in [5.74, 6) is 0.549. The zero-order chi connectivity index (χ0) is 19.0. The molecule has 0 bridgehead atoms. The Balaban J connectivity index is 1.83. The van der Waals surface area contributed by atoms with Crippen LogP contribution in [0.4, 0.5) is 5.82 Å². The van der Waals surface area contributed by atoms with Gasteiger partial charge in [0.2, 0.25) is 5.88 Å². The molecule has 0 radical (unpaired) electrons. The smallest absolute Gasteiger partial charge is 0.256 e. The van der Waals surface area contributed by atoms with Crippen molar-refractivity contribution < 1.29 is 14.6 Å². The highest BCUT2D eigenvalue weighted by Crippen LogP contribution is 2.30. The number of carbonyl (C=O) groups excluding carboxylic acids is 1. The fraction of sp³-hybridized carbons (Fsp3) is 0.333. The maximum atomic E-state index is 13.1. The van der Waals surface area contributed by atoms with Crippen LogP contribution in [0.2, 0.25) is 0 Å². The normalized spacial score (nSPS) is 15.3. The van der Waals surface area contributed by atoms with Crippen LogP contribution in [-0.4, -0.2) is 61.8 Å². The van der Waals surface area contributed by atoms with Gasteiger partial charge in [0.25, 0.3) is 5.91 Å². The molecule has 1 saturated heterocycles. The second-order valence-electron chi connectivity index (χ2n) is 6.46. The number of aliphatic hydroxyl groups is 1. The molecule has 27 heavy (non-hydrogen) atoms. The monoisotopic (exact) mass is 368 g/mol. The summed E-state index contributed by atoms with van der Waals surface area (Å²) in [5, 5.41) is 14.0. The molecular formula is C18H20N6O3. The number of carbonyl (C=O) groups is 1. The van der Waals surface area contributed by atoms with Crippen LogP contribution in [0.1, 0.15) is 23.2 Å². The molecule has 1 amide bonds. The lowest BCUT2D eigenvalue weighted by Gasteiger charge is -2.29. The highest BCUT2D eigenvalue weighted by atomic mass is 16.5. The summed E-state index contributed by atoms with van der Waals surface area (Å²) in [6.45, 7) is 1.01. The minimum Gasteiger partial charge on any atom is -0.481 e. The molecule has 9 nitrogen and oxygen atoms in total. The number of hydrogen-bond donors (Lipinski definition) is 2. The number of hydrogen-bond acceptors (Lipinski definition) is 7. The number of aliphatic hydroxyl groups excluding tert-OH is 1. The molecule has 1 fully saturated rings. The quantitative estimate of drug-likeness (QED) is 0.707. The first-order valence-electron chi connectivity index (χ1n) is 8.68. The molecule has 1 aliphatic heterocycles. The van der Waals surface area contributed by atoms with E-state index in [1.807, 2.05) is 6.07 Å². The van der Waals surface area contributed by atoms with Crippen molar-refractivity contribution >= 4 is 17.2 Å². The number of anilines is 1. The molecule has 4 rings (SSSR count). The van der Waals surface area contributed by atoms with Crippen molar-refractivity contribution in [2.45, 2.75) is 18.9 Å². The Hall–Kier alpha value is -3.20. The number of piperidine rings is 1.